The molecule has 0 unspecified atom stereocenters. The summed E-state index contributed by atoms with van der Waals surface area (Å²) < 4.78 is 43.1. The van der Waals surface area contributed by atoms with Crippen LogP contribution in [0.15, 0.2) is 88.8 Å². The lowest BCUT2D eigenvalue weighted by Crippen LogP contribution is -2.51. The molecular formula is C30H34N2O7S. The van der Waals surface area contributed by atoms with Crippen molar-refractivity contribution in [1.82, 2.24) is 5.32 Å². The van der Waals surface area contributed by atoms with Gasteiger partial charge in [0.05, 0.1) is 24.4 Å². The van der Waals surface area contributed by atoms with Crippen molar-refractivity contribution in [3.05, 3.63) is 90.0 Å². The maximum absolute atomic E-state index is 13.7. The molecule has 0 saturated heterocycles. The number of carbonyl (C=O) groups excluding carboxylic acids is 1. The summed E-state index contributed by atoms with van der Waals surface area (Å²) in [5, 5.41) is 11.9. The second-order valence-electron chi connectivity index (χ2n) is 9.46. The first-order valence-electron chi connectivity index (χ1n) is 13.1. The minimum absolute atomic E-state index is 0.0449. The van der Waals surface area contributed by atoms with Gasteiger partial charge in [0.15, 0.2) is 15.4 Å². The van der Waals surface area contributed by atoms with Crippen molar-refractivity contribution in [1.29, 1.82) is 0 Å². The van der Waals surface area contributed by atoms with Crippen LogP contribution >= 0.6 is 0 Å². The van der Waals surface area contributed by atoms with Gasteiger partial charge in [0, 0.05) is 25.1 Å². The molecule has 3 aromatic carbocycles. The van der Waals surface area contributed by atoms with Gasteiger partial charge >= 0.3 is 0 Å². The summed E-state index contributed by atoms with van der Waals surface area (Å²) in [5.74, 6) is 0.884. The summed E-state index contributed by atoms with van der Waals surface area (Å²) >= 11 is 0. The third-order valence-corrected chi connectivity index (χ3v) is 8.53. The summed E-state index contributed by atoms with van der Waals surface area (Å²) in [4.78, 5) is 18.7. The van der Waals surface area contributed by atoms with Gasteiger partial charge in [-0.05, 0) is 67.4 Å². The van der Waals surface area contributed by atoms with E-state index in [2.05, 4.69) is 5.32 Å². The second kappa shape index (κ2) is 13.0. The van der Waals surface area contributed by atoms with Gasteiger partial charge in [0.1, 0.15) is 17.6 Å². The van der Waals surface area contributed by atoms with Crippen LogP contribution < -0.4 is 14.8 Å². The number of ether oxygens (including phenoxy) is 3. The lowest BCUT2D eigenvalue weighted by Gasteiger charge is -2.28. The minimum Gasteiger partial charge on any atom is -0.497 e. The molecule has 1 aliphatic heterocycles. The van der Waals surface area contributed by atoms with Crippen LogP contribution in [-0.2, 0) is 25.9 Å². The van der Waals surface area contributed by atoms with E-state index in [1.807, 2.05) is 12.1 Å². The Morgan fingerprint density at radius 2 is 1.70 bits per heavy atom. The Kier molecular flexibility index (Phi) is 9.44. The molecule has 0 aliphatic carbocycles. The van der Waals surface area contributed by atoms with E-state index >= 15 is 0 Å². The molecule has 1 aliphatic rings. The molecule has 0 bridgehead atoms. The topological polar surface area (TPSA) is 124 Å². The molecule has 0 spiro atoms. The molecule has 0 aromatic heterocycles. The Labute approximate surface area is 234 Å². The molecule has 0 radical (unpaired) electrons. The monoisotopic (exact) mass is 566 g/mol. The molecule has 0 fully saturated rings. The summed E-state index contributed by atoms with van der Waals surface area (Å²) in [6, 6.07) is 22.5. The third kappa shape index (κ3) is 6.81. The standard InChI is InChI=1S/C30H34N2O7S/c1-22-30(17-20-40(35,36)27-7-4-3-5-8-27,29(34)31-21-23-9-13-25(37-2)14-10-23)32-28(39-22)24-11-15-26(16-12-24)38-19-6-18-33/h3-5,7-16,22,33H,6,17-21H2,1-2H3,(H,31,34)/t22-,30-/m1/s1. The van der Waals surface area contributed by atoms with E-state index < -0.39 is 27.4 Å². The molecule has 2 atom stereocenters. The van der Waals surface area contributed by atoms with Crippen LogP contribution in [0.3, 0.4) is 0 Å². The molecule has 1 amide bonds. The lowest BCUT2D eigenvalue weighted by atomic mass is 9.90. The number of carbonyl (C=O) groups is 1. The predicted molar refractivity (Wildman–Crippen MR) is 151 cm³/mol. The molecule has 4 rings (SSSR count). The number of hydrogen-bond donors (Lipinski definition) is 2. The van der Waals surface area contributed by atoms with Gasteiger partial charge in [0.25, 0.3) is 5.91 Å². The van der Waals surface area contributed by atoms with Crippen LogP contribution in [0.2, 0.25) is 0 Å². The van der Waals surface area contributed by atoms with E-state index in [9.17, 15) is 13.2 Å². The highest BCUT2D eigenvalue weighted by Crippen LogP contribution is 2.34. The zero-order valence-electron chi connectivity index (χ0n) is 22.6. The van der Waals surface area contributed by atoms with Crippen molar-refractivity contribution in [3.8, 4) is 11.5 Å². The molecular weight excluding hydrogens is 532 g/mol. The van der Waals surface area contributed by atoms with Gasteiger partial charge in [-0.3, -0.25) is 4.79 Å². The number of nitrogens with zero attached hydrogens (tertiary/aromatic N) is 1. The fourth-order valence-electron chi connectivity index (χ4n) is 4.37. The van der Waals surface area contributed by atoms with Crippen LogP contribution in [-0.4, -0.2) is 63.0 Å². The van der Waals surface area contributed by atoms with E-state index in [-0.39, 0.29) is 36.1 Å². The molecule has 9 nitrogen and oxygen atoms in total. The first-order valence-corrected chi connectivity index (χ1v) is 14.7. The first kappa shape index (κ1) is 29.1. The van der Waals surface area contributed by atoms with Crippen molar-refractivity contribution >= 4 is 21.6 Å². The molecule has 2 N–H and O–H groups in total. The molecule has 10 heteroatoms. The molecule has 3 aromatic rings. The van der Waals surface area contributed by atoms with Crippen molar-refractivity contribution in [2.75, 3.05) is 26.1 Å². The Bertz CT molecular complexity index is 1410. The fraction of sp³-hybridized carbons (Fsp3) is 0.333. The number of nitrogens with one attached hydrogen (secondary N) is 1. The van der Waals surface area contributed by atoms with Crippen LogP contribution in [0.1, 0.15) is 30.9 Å². The highest BCUT2D eigenvalue weighted by molar-refractivity contribution is 7.91. The number of aliphatic imine (C=N–C) groups is 1. The number of rotatable bonds is 13. The zero-order valence-corrected chi connectivity index (χ0v) is 23.4. The van der Waals surface area contributed by atoms with Crippen molar-refractivity contribution < 1.29 is 32.5 Å². The van der Waals surface area contributed by atoms with Gasteiger partial charge in [-0.2, -0.15) is 0 Å². The van der Waals surface area contributed by atoms with Gasteiger partial charge < -0.3 is 24.6 Å². The average Bonchev–Trinajstić information content (AvgIpc) is 3.33. The number of amides is 1. The quantitative estimate of drug-likeness (QED) is 0.303. The Morgan fingerprint density at radius 1 is 1.02 bits per heavy atom. The maximum Gasteiger partial charge on any atom is 0.252 e. The van der Waals surface area contributed by atoms with Crippen LogP contribution in [0.25, 0.3) is 0 Å². The molecule has 40 heavy (non-hydrogen) atoms. The predicted octanol–water partition coefficient (Wildman–Crippen LogP) is 3.54. The van der Waals surface area contributed by atoms with E-state index in [0.29, 0.717) is 30.1 Å². The summed E-state index contributed by atoms with van der Waals surface area (Å²) in [6.45, 7) is 2.39. The van der Waals surface area contributed by atoms with E-state index in [4.69, 9.17) is 24.3 Å². The van der Waals surface area contributed by atoms with Gasteiger partial charge in [-0.1, -0.05) is 30.3 Å². The fourth-order valence-corrected chi connectivity index (χ4v) is 5.75. The average molecular weight is 567 g/mol. The number of aliphatic hydroxyl groups is 1. The number of benzene rings is 3. The molecule has 212 valence electrons. The van der Waals surface area contributed by atoms with Crippen LogP contribution in [0.4, 0.5) is 0 Å². The largest absolute Gasteiger partial charge is 0.497 e. The minimum atomic E-state index is -3.67. The van der Waals surface area contributed by atoms with E-state index in [0.717, 1.165) is 5.56 Å². The second-order valence-corrected chi connectivity index (χ2v) is 11.6. The lowest BCUT2D eigenvalue weighted by molar-refractivity contribution is -0.128. The molecule has 1 heterocycles. The molecule has 0 saturated carbocycles. The Balaban J connectivity index is 1.59. The number of sulfone groups is 1. The van der Waals surface area contributed by atoms with Gasteiger partial charge in [-0.25, -0.2) is 13.4 Å². The summed E-state index contributed by atoms with van der Waals surface area (Å²) in [5.41, 5.74) is 0.0332. The Hall–Kier alpha value is -3.89. The van der Waals surface area contributed by atoms with Crippen molar-refractivity contribution in [2.45, 2.75) is 42.8 Å². The first-order chi connectivity index (χ1) is 19.3. The number of aliphatic hydroxyl groups excluding tert-OH is 1. The highest BCUT2D eigenvalue weighted by atomic mass is 32.2. The number of hydrogen-bond acceptors (Lipinski definition) is 8. The van der Waals surface area contributed by atoms with Gasteiger partial charge in [0.2, 0.25) is 5.90 Å². The third-order valence-electron chi connectivity index (χ3n) is 6.79. The van der Waals surface area contributed by atoms with Crippen molar-refractivity contribution in [2.24, 2.45) is 4.99 Å². The Morgan fingerprint density at radius 3 is 2.35 bits per heavy atom. The zero-order chi connectivity index (χ0) is 28.6. The highest BCUT2D eigenvalue weighted by Gasteiger charge is 2.50. The summed E-state index contributed by atoms with van der Waals surface area (Å²) in [6.07, 6.45) is -0.259. The maximum atomic E-state index is 13.7. The normalized spacial score (nSPS) is 18.5. The smallest absolute Gasteiger partial charge is 0.252 e. The van der Waals surface area contributed by atoms with E-state index in [1.54, 1.807) is 80.8 Å². The SMILES string of the molecule is COc1ccc(CNC(=O)[C@]2(CCS(=O)(=O)c3ccccc3)N=C(c3ccc(OCCCO)cc3)O[C@@H]2C)cc1. The summed E-state index contributed by atoms with van der Waals surface area (Å²) in [7, 11) is -2.09. The van der Waals surface area contributed by atoms with Crippen LogP contribution in [0, 0.1) is 0 Å². The van der Waals surface area contributed by atoms with Crippen LogP contribution in [0.5, 0.6) is 11.5 Å². The van der Waals surface area contributed by atoms with Gasteiger partial charge in [-0.15, -0.1) is 0 Å². The van der Waals surface area contributed by atoms with E-state index in [1.165, 1.54) is 0 Å². The van der Waals surface area contributed by atoms with Crippen molar-refractivity contribution in [3.63, 3.8) is 0 Å². The number of methoxy groups -OCH3 is 1.